The van der Waals surface area contributed by atoms with Crippen molar-refractivity contribution in [1.82, 2.24) is 15.5 Å². The number of carbonyl (C=O) groups excluding carboxylic acids is 2. The Morgan fingerprint density at radius 2 is 1.91 bits per heavy atom. The minimum absolute atomic E-state index is 0.119. The number of piperidine rings is 1. The largest absolute Gasteiger partial charge is 0.496 e. The Bertz CT molecular complexity index is 1470. The Labute approximate surface area is 261 Å². The van der Waals surface area contributed by atoms with E-state index in [1.54, 1.807) is 7.11 Å². The number of nitrogens with one attached hydrogen (secondary N) is 2. The molecule has 0 aliphatic carbocycles. The van der Waals surface area contributed by atoms with Gasteiger partial charge in [-0.05, 0) is 90.6 Å². The number of likely N-dealkylation sites (tertiary alicyclic amines) is 1. The smallest absolute Gasteiger partial charge is 0.252 e. The Kier molecular flexibility index (Phi) is 10.2. The van der Waals surface area contributed by atoms with E-state index in [-0.39, 0.29) is 18.1 Å². The Morgan fingerprint density at radius 3 is 2.52 bits per heavy atom. The van der Waals surface area contributed by atoms with Crippen molar-refractivity contribution in [3.63, 3.8) is 0 Å². The summed E-state index contributed by atoms with van der Waals surface area (Å²) < 4.78 is 17.9. The van der Waals surface area contributed by atoms with Crippen LogP contribution in [0.5, 0.6) is 0 Å². The number of carbonyl (C=O) groups is 1. The van der Waals surface area contributed by atoms with Gasteiger partial charge in [-0.3, -0.25) is 4.79 Å². The summed E-state index contributed by atoms with van der Waals surface area (Å²) in [6, 6.07) is 5.14. The third-order valence-corrected chi connectivity index (χ3v) is 9.47. The van der Waals surface area contributed by atoms with Crippen molar-refractivity contribution in [2.24, 2.45) is 0 Å². The summed E-state index contributed by atoms with van der Waals surface area (Å²) in [6.45, 7) is 15.1. The van der Waals surface area contributed by atoms with Crippen LogP contribution in [0.25, 0.3) is 11.0 Å². The normalized spacial score (nSPS) is 18.8. The zero-order valence-electron chi connectivity index (χ0n) is 27.2. The topological polar surface area (TPSA) is 96.3 Å². The summed E-state index contributed by atoms with van der Waals surface area (Å²) in [5.74, 6) is 3.58. The molecule has 0 saturated carbocycles. The average molecular weight is 605 g/mol. The Hall–Kier alpha value is -3.52. The zero-order chi connectivity index (χ0) is 31.4. The molecule has 9 nitrogen and oxygen atoms in total. The van der Waals surface area contributed by atoms with E-state index in [2.05, 4.69) is 60.3 Å². The molecule has 2 aromatic rings. The molecule has 0 spiro atoms. The van der Waals surface area contributed by atoms with Gasteiger partial charge in [-0.1, -0.05) is 6.92 Å². The van der Waals surface area contributed by atoms with Crippen LogP contribution < -0.4 is 15.5 Å². The highest BCUT2D eigenvalue weighted by Crippen LogP contribution is 2.39. The number of methoxy groups -OCH3 is 1. The molecule has 238 valence electrons. The van der Waals surface area contributed by atoms with E-state index in [0.29, 0.717) is 41.3 Å². The SMILES string of the molecule is CCc1c(N(CC)C2CCOCC2)cc2oc(C3CCN(C(C)C)CC3)cc2c1C(=O)NCC1=C(OC)C=C(C)NC1=C=O. The van der Waals surface area contributed by atoms with Gasteiger partial charge in [-0.2, -0.15) is 0 Å². The number of dihydropyridines is 1. The summed E-state index contributed by atoms with van der Waals surface area (Å²) in [5.41, 5.74) is 5.06. The van der Waals surface area contributed by atoms with Crippen LogP contribution in [0.4, 0.5) is 5.69 Å². The number of allylic oxidation sites excluding steroid dienone is 2. The number of fused-ring (bicyclic) bond motifs is 1. The number of nitrogens with zero attached hydrogens (tertiary/aromatic N) is 2. The van der Waals surface area contributed by atoms with Gasteiger partial charge in [0.05, 0.1) is 12.7 Å². The van der Waals surface area contributed by atoms with Crippen LogP contribution in [-0.2, 0) is 20.7 Å². The second kappa shape index (κ2) is 14.1. The van der Waals surface area contributed by atoms with E-state index in [1.165, 1.54) is 0 Å². The van der Waals surface area contributed by atoms with Crippen LogP contribution in [0.2, 0.25) is 0 Å². The number of amides is 1. The predicted molar refractivity (Wildman–Crippen MR) is 174 cm³/mol. The summed E-state index contributed by atoms with van der Waals surface area (Å²) >= 11 is 0. The van der Waals surface area contributed by atoms with Gasteiger partial charge in [0.1, 0.15) is 22.8 Å². The van der Waals surface area contributed by atoms with Gasteiger partial charge in [-0.15, -0.1) is 0 Å². The minimum Gasteiger partial charge on any atom is -0.496 e. The van der Waals surface area contributed by atoms with E-state index >= 15 is 0 Å². The predicted octanol–water partition coefficient (Wildman–Crippen LogP) is 5.44. The maximum Gasteiger partial charge on any atom is 0.252 e. The molecule has 0 atom stereocenters. The number of benzene rings is 1. The van der Waals surface area contributed by atoms with Crippen molar-refractivity contribution < 1.29 is 23.5 Å². The van der Waals surface area contributed by atoms with Crippen LogP contribution in [0, 0.1) is 0 Å². The van der Waals surface area contributed by atoms with Gasteiger partial charge in [0.2, 0.25) is 0 Å². The van der Waals surface area contributed by atoms with Gasteiger partial charge in [0, 0.05) is 72.7 Å². The highest BCUT2D eigenvalue weighted by molar-refractivity contribution is 6.09. The Balaban J connectivity index is 1.56. The van der Waals surface area contributed by atoms with Crippen molar-refractivity contribution >= 4 is 28.5 Å². The van der Waals surface area contributed by atoms with Crippen molar-refractivity contribution in [2.45, 2.75) is 84.7 Å². The van der Waals surface area contributed by atoms with Crippen molar-refractivity contribution in [3.05, 3.63) is 57.8 Å². The second-order valence-corrected chi connectivity index (χ2v) is 12.4. The maximum absolute atomic E-state index is 14.3. The van der Waals surface area contributed by atoms with E-state index in [4.69, 9.17) is 13.9 Å². The van der Waals surface area contributed by atoms with Crippen LogP contribution in [-0.4, -0.2) is 75.3 Å². The molecule has 1 aromatic carbocycles. The lowest BCUT2D eigenvalue weighted by molar-refractivity contribution is 0.0845. The first kappa shape index (κ1) is 31.9. The monoisotopic (exact) mass is 604 g/mol. The third kappa shape index (κ3) is 6.46. The molecule has 0 unspecified atom stereocenters. The molecular weight excluding hydrogens is 556 g/mol. The van der Waals surface area contributed by atoms with E-state index in [9.17, 15) is 9.59 Å². The van der Waals surface area contributed by atoms with Gasteiger partial charge in [-0.25, -0.2) is 4.79 Å². The molecule has 1 amide bonds. The fourth-order valence-corrected chi connectivity index (χ4v) is 7.04. The summed E-state index contributed by atoms with van der Waals surface area (Å²) in [6.07, 6.45) is 6.47. The van der Waals surface area contributed by atoms with Crippen molar-refractivity contribution in [2.75, 3.05) is 51.4 Å². The summed E-state index contributed by atoms with van der Waals surface area (Å²) in [5, 5.41) is 7.00. The summed E-state index contributed by atoms with van der Waals surface area (Å²) in [7, 11) is 1.56. The number of hydrogen-bond acceptors (Lipinski definition) is 8. The van der Waals surface area contributed by atoms with E-state index in [0.717, 1.165) is 92.2 Å². The molecule has 4 heterocycles. The van der Waals surface area contributed by atoms with E-state index in [1.807, 2.05) is 18.9 Å². The first-order chi connectivity index (χ1) is 21.3. The molecular formula is C35H48N4O5. The molecule has 44 heavy (non-hydrogen) atoms. The lowest BCUT2D eigenvalue weighted by atomic mass is 9.92. The fraction of sp³-hybridized carbons (Fsp3) is 0.571. The van der Waals surface area contributed by atoms with Crippen molar-refractivity contribution in [3.8, 4) is 0 Å². The van der Waals surface area contributed by atoms with E-state index < -0.39 is 0 Å². The zero-order valence-corrected chi connectivity index (χ0v) is 27.2. The molecule has 3 aliphatic rings. The maximum atomic E-state index is 14.3. The Morgan fingerprint density at radius 1 is 1.18 bits per heavy atom. The molecule has 2 saturated heterocycles. The molecule has 2 N–H and O–H groups in total. The average Bonchev–Trinajstić information content (AvgIpc) is 3.47. The van der Waals surface area contributed by atoms with Crippen molar-refractivity contribution in [1.29, 1.82) is 0 Å². The lowest BCUT2D eigenvalue weighted by Gasteiger charge is -2.37. The molecule has 3 aliphatic heterocycles. The number of furan rings is 1. The lowest BCUT2D eigenvalue weighted by Crippen LogP contribution is -2.40. The standard InChI is InChI=1S/C35H48N4O5/c1-7-26-30(39(8-2)25-11-15-43-16-12-25)19-33-27(18-31(44-33)24-9-13-38(14-10-24)22(3)4)34(26)35(41)36-20-28-29(21-40)37-23(5)17-32(28)42-6/h17-19,22,24-25,37H,7-16,20H2,1-6H3,(H,36,41). The van der Waals surface area contributed by atoms with Gasteiger partial charge in [0.25, 0.3) is 5.91 Å². The summed E-state index contributed by atoms with van der Waals surface area (Å²) in [4.78, 5) is 31.0. The van der Waals surface area contributed by atoms with Gasteiger partial charge < -0.3 is 34.3 Å². The fourth-order valence-electron chi connectivity index (χ4n) is 7.04. The van der Waals surface area contributed by atoms with Crippen LogP contribution in [0.3, 0.4) is 0 Å². The number of hydrogen-bond donors (Lipinski definition) is 2. The van der Waals surface area contributed by atoms with Crippen LogP contribution >= 0.6 is 0 Å². The number of rotatable bonds is 10. The highest BCUT2D eigenvalue weighted by atomic mass is 16.5. The minimum atomic E-state index is -0.196. The highest BCUT2D eigenvalue weighted by Gasteiger charge is 2.30. The molecule has 1 aromatic heterocycles. The quantitative estimate of drug-likeness (QED) is 0.346. The molecule has 5 rings (SSSR count). The van der Waals surface area contributed by atoms with Gasteiger partial charge >= 0.3 is 0 Å². The van der Waals surface area contributed by atoms with Crippen LogP contribution in [0.15, 0.2) is 45.4 Å². The molecule has 0 bridgehead atoms. The molecule has 9 heteroatoms. The molecule has 2 fully saturated rings. The second-order valence-electron chi connectivity index (χ2n) is 12.4. The van der Waals surface area contributed by atoms with Gasteiger partial charge in [0.15, 0.2) is 5.94 Å². The number of anilines is 1. The molecule has 0 radical (unpaired) electrons. The van der Waals surface area contributed by atoms with Crippen LogP contribution in [0.1, 0.15) is 87.9 Å². The first-order valence-electron chi connectivity index (χ1n) is 16.2. The third-order valence-electron chi connectivity index (χ3n) is 9.47. The number of ether oxygens (including phenoxy) is 2. The first-order valence-corrected chi connectivity index (χ1v) is 16.2.